The molecule has 0 saturated heterocycles. The van der Waals surface area contributed by atoms with Crippen LogP contribution in [0.25, 0.3) is 0 Å². The maximum absolute atomic E-state index is 5.95. The molecule has 0 atom stereocenters. The average molecular weight is 283 g/mol. The first-order valence-corrected chi connectivity index (χ1v) is 7.56. The van der Waals surface area contributed by atoms with Crippen LogP contribution in [-0.4, -0.2) is 6.04 Å². The quantitative estimate of drug-likeness (QED) is 0.849. The Labute approximate surface area is 128 Å². The predicted octanol–water partition coefficient (Wildman–Crippen LogP) is 4.38. The first-order valence-electron chi connectivity index (χ1n) is 7.56. The normalized spacial score (nSPS) is 10.9. The second kappa shape index (κ2) is 7.28. The fraction of sp³-hybridized carbons (Fsp3) is 0.368. The third kappa shape index (κ3) is 4.91. The van der Waals surface area contributed by atoms with E-state index in [0.29, 0.717) is 12.6 Å². The van der Waals surface area contributed by atoms with Gasteiger partial charge in [-0.3, -0.25) is 0 Å². The maximum Gasteiger partial charge on any atom is 0.120 e. The summed E-state index contributed by atoms with van der Waals surface area (Å²) >= 11 is 0. The van der Waals surface area contributed by atoms with Gasteiger partial charge in [-0.15, -0.1) is 0 Å². The molecule has 0 radical (unpaired) electrons. The van der Waals surface area contributed by atoms with Crippen LogP contribution in [0, 0.1) is 13.8 Å². The molecule has 1 N–H and O–H groups in total. The molecule has 2 aromatic rings. The first kappa shape index (κ1) is 15.6. The Balaban J connectivity index is 1.99. The number of nitrogens with one attached hydrogen (secondary N) is 1. The summed E-state index contributed by atoms with van der Waals surface area (Å²) in [6.07, 6.45) is 0. The summed E-state index contributed by atoms with van der Waals surface area (Å²) in [4.78, 5) is 0. The molecule has 2 aromatic carbocycles. The van der Waals surface area contributed by atoms with Gasteiger partial charge in [0.15, 0.2) is 0 Å². The van der Waals surface area contributed by atoms with Gasteiger partial charge in [-0.05, 0) is 42.7 Å². The number of hydrogen-bond donors (Lipinski definition) is 1. The van der Waals surface area contributed by atoms with Gasteiger partial charge in [-0.2, -0.15) is 0 Å². The van der Waals surface area contributed by atoms with Gasteiger partial charge in [0.2, 0.25) is 0 Å². The molecule has 0 spiro atoms. The maximum atomic E-state index is 5.95. The van der Waals surface area contributed by atoms with Crippen LogP contribution < -0.4 is 10.1 Å². The van der Waals surface area contributed by atoms with Crippen molar-refractivity contribution >= 4 is 0 Å². The molecule has 0 fully saturated rings. The van der Waals surface area contributed by atoms with Crippen LogP contribution in [0.5, 0.6) is 5.75 Å². The Kier molecular flexibility index (Phi) is 5.40. The number of aryl methyl sites for hydroxylation is 2. The van der Waals surface area contributed by atoms with Crippen molar-refractivity contribution in [3.63, 3.8) is 0 Å². The highest BCUT2D eigenvalue weighted by atomic mass is 16.5. The van der Waals surface area contributed by atoms with Crippen LogP contribution in [0.15, 0.2) is 42.5 Å². The minimum absolute atomic E-state index is 0.490. The molecule has 0 aliphatic heterocycles. The van der Waals surface area contributed by atoms with Crippen LogP contribution >= 0.6 is 0 Å². The summed E-state index contributed by atoms with van der Waals surface area (Å²) in [5.74, 6) is 0.930. The summed E-state index contributed by atoms with van der Waals surface area (Å²) in [6, 6.07) is 15.3. The van der Waals surface area contributed by atoms with E-state index in [1.54, 1.807) is 0 Å². The lowest BCUT2D eigenvalue weighted by Gasteiger charge is -2.12. The SMILES string of the molecule is Cc1ccc(C)c(COc2cccc(CNC(C)C)c2)c1. The molecule has 0 bridgehead atoms. The molecule has 112 valence electrons. The zero-order valence-corrected chi connectivity index (χ0v) is 13.4. The minimum Gasteiger partial charge on any atom is -0.489 e. The van der Waals surface area contributed by atoms with Crippen LogP contribution in [0.2, 0.25) is 0 Å². The van der Waals surface area contributed by atoms with Crippen LogP contribution in [-0.2, 0) is 13.2 Å². The Hall–Kier alpha value is -1.80. The van der Waals surface area contributed by atoms with Gasteiger partial charge in [0.05, 0.1) is 0 Å². The molecule has 0 aromatic heterocycles. The fourth-order valence-corrected chi connectivity index (χ4v) is 2.18. The highest BCUT2D eigenvalue weighted by Crippen LogP contribution is 2.17. The molecule has 0 aliphatic rings. The summed E-state index contributed by atoms with van der Waals surface area (Å²) < 4.78 is 5.95. The summed E-state index contributed by atoms with van der Waals surface area (Å²) in [7, 11) is 0. The van der Waals surface area contributed by atoms with Crippen LogP contribution in [0.1, 0.15) is 36.1 Å². The Bertz CT molecular complexity index is 590. The van der Waals surface area contributed by atoms with E-state index in [1.807, 2.05) is 6.07 Å². The van der Waals surface area contributed by atoms with E-state index in [4.69, 9.17) is 4.74 Å². The van der Waals surface area contributed by atoms with Crippen LogP contribution in [0.3, 0.4) is 0 Å². The third-order valence-electron chi connectivity index (χ3n) is 3.51. The first-order chi connectivity index (χ1) is 10.0. The van der Waals surface area contributed by atoms with Gasteiger partial charge in [0, 0.05) is 12.6 Å². The van der Waals surface area contributed by atoms with E-state index in [2.05, 4.69) is 69.4 Å². The van der Waals surface area contributed by atoms with E-state index >= 15 is 0 Å². The van der Waals surface area contributed by atoms with Crippen molar-refractivity contribution < 1.29 is 4.74 Å². The van der Waals surface area contributed by atoms with Crippen molar-refractivity contribution in [1.29, 1.82) is 0 Å². The molecule has 2 nitrogen and oxygen atoms in total. The Morgan fingerprint density at radius 3 is 2.62 bits per heavy atom. The number of benzene rings is 2. The van der Waals surface area contributed by atoms with Gasteiger partial charge in [-0.25, -0.2) is 0 Å². The van der Waals surface area contributed by atoms with E-state index in [9.17, 15) is 0 Å². The number of hydrogen-bond acceptors (Lipinski definition) is 2. The van der Waals surface area contributed by atoms with Crippen molar-refractivity contribution in [1.82, 2.24) is 5.32 Å². The van der Waals surface area contributed by atoms with Crippen molar-refractivity contribution in [2.75, 3.05) is 0 Å². The molecule has 0 unspecified atom stereocenters. The summed E-state index contributed by atoms with van der Waals surface area (Å²) in [6.45, 7) is 10.0. The minimum atomic E-state index is 0.490. The topological polar surface area (TPSA) is 21.3 Å². The lowest BCUT2D eigenvalue weighted by Crippen LogP contribution is -2.21. The average Bonchev–Trinajstić information content (AvgIpc) is 2.46. The predicted molar refractivity (Wildman–Crippen MR) is 88.7 cm³/mol. The van der Waals surface area contributed by atoms with E-state index < -0.39 is 0 Å². The van der Waals surface area contributed by atoms with Gasteiger partial charge < -0.3 is 10.1 Å². The standard InChI is InChI=1S/C19H25NO/c1-14(2)20-12-17-6-5-7-19(11-17)21-13-18-10-15(3)8-9-16(18)4/h5-11,14,20H,12-13H2,1-4H3. The molecular weight excluding hydrogens is 258 g/mol. The monoisotopic (exact) mass is 283 g/mol. The third-order valence-corrected chi connectivity index (χ3v) is 3.51. The van der Waals surface area contributed by atoms with Crippen molar-refractivity contribution in [2.45, 2.75) is 46.9 Å². The molecule has 21 heavy (non-hydrogen) atoms. The molecule has 0 amide bonds. The van der Waals surface area contributed by atoms with Crippen molar-refractivity contribution in [2.24, 2.45) is 0 Å². The van der Waals surface area contributed by atoms with Gasteiger partial charge in [-0.1, -0.05) is 49.7 Å². The zero-order valence-electron chi connectivity index (χ0n) is 13.4. The second-order valence-electron chi connectivity index (χ2n) is 5.90. The van der Waals surface area contributed by atoms with E-state index in [0.717, 1.165) is 12.3 Å². The fourth-order valence-electron chi connectivity index (χ4n) is 2.18. The lowest BCUT2D eigenvalue weighted by molar-refractivity contribution is 0.305. The Morgan fingerprint density at radius 2 is 1.86 bits per heavy atom. The summed E-state index contributed by atoms with van der Waals surface area (Å²) in [5.41, 5.74) is 5.05. The van der Waals surface area contributed by atoms with Gasteiger partial charge in [0.1, 0.15) is 12.4 Å². The highest BCUT2D eigenvalue weighted by molar-refractivity contribution is 5.32. The number of rotatable bonds is 6. The molecule has 0 saturated carbocycles. The van der Waals surface area contributed by atoms with Crippen molar-refractivity contribution in [3.05, 3.63) is 64.7 Å². The Morgan fingerprint density at radius 1 is 1.05 bits per heavy atom. The van der Waals surface area contributed by atoms with Gasteiger partial charge >= 0.3 is 0 Å². The molecule has 0 heterocycles. The highest BCUT2D eigenvalue weighted by Gasteiger charge is 2.02. The zero-order chi connectivity index (χ0) is 15.2. The molecule has 0 aliphatic carbocycles. The molecule has 2 heteroatoms. The summed E-state index contributed by atoms with van der Waals surface area (Å²) in [5, 5.41) is 3.42. The number of ether oxygens (including phenoxy) is 1. The van der Waals surface area contributed by atoms with E-state index in [1.165, 1.54) is 22.3 Å². The molecular formula is C19H25NO. The van der Waals surface area contributed by atoms with E-state index in [-0.39, 0.29) is 0 Å². The smallest absolute Gasteiger partial charge is 0.120 e. The second-order valence-corrected chi connectivity index (χ2v) is 5.90. The van der Waals surface area contributed by atoms with Gasteiger partial charge in [0.25, 0.3) is 0 Å². The van der Waals surface area contributed by atoms with Crippen molar-refractivity contribution in [3.8, 4) is 5.75 Å². The van der Waals surface area contributed by atoms with Crippen LogP contribution in [0.4, 0.5) is 0 Å². The largest absolute Gasteiger partial charge is 0.489 e. The molecule has 2 rings (SSSR count). The lowest BCUT2D eigenvalue weighted by atomic mass is 10.1.